The maximum absolute atomic E-state index is 6.72. The lowest BCUT2D eigenvalue weighted by Gasteiger charge is -2.57. The first kappa shape index (κ1) is 10.8. The molecule has 0 aromatic heterocycles. The minimum Gasteiger partial charge on any atom is -0.377 e. The highest BCUT2D eigenvalue weighted by molar-refractivity contribution is 5.28. The Morgan fingerprint density at radius 3 is 2.53 bits per heavy atom. The lowest BCUT2D eigenvalue weighted by atomic mass is 9.46. The van der Waals surface area contributed by atoms with E-state index < -0.39 is 0 Å². The molecule has 0 aromatic carbocycles. The number of fused-ring (bicyclic) bond motifs is 2. The van der Waals surface area contributed by atoms with Gasteiger partial charge >= 0.3 is 0 Å². The van der Waals surface area contributed by atoms with Gasteiger partial charge in [0, 0.05) is 11.3 Å². The molecule has 3 heterocycles. The summed E-state index contributed by atoms with van der Waals surface area (Å²) in [5.41, 5.74) is 0.740. The van der Waals surface area contributed by atoms with Gasteiger partial charge in [0.2, 0.25) is 0 Å². The Labute approximate surface area is 104 Å². The Hall–Kier alpha value is -0.0800. The molecule has 0 unspecified atom stereocenters. The molecule has 2 bridgehead atoms. The van der Waals surface area contributed by atoms with Gasteiger partial charge in [-0.25, -0.2) is 0 Å². The Morgan fingerprint density at radius 2 is 1.76 bits per heavy atom. The molecule has 1 aliphatic carbocycles. The third kappa shape index (κ3) is 0.859. The van der Waals surface area contributed by atoms with E-state index in [4.69, 9.17) is 9.47 Å². The van der Waals surface area contributed by atoms with Crippen molar-refractivity contribution < 1.29 is 9.47 Å². The Morgan fingerprint density at radius 1 is 1.00 bits per heavy atom. The lowest BCUT2D eigenvalue weighted by Crippen LogP contribution is -2.62. The summed E-state index contributed by atoms with van der Waals surface area (Å²) in [6.45, 7) is 10.6. The van der Waals surface area contributed by atoms with E-state index in [9.17, 15) is 0 Å². The summed E-state index contributed by atoms with van der Waals surface area (Å²) in [7, 11) is 0. The number of rotatable bonds is 0. The number of ether oxygens (including phenoxy) is 2. The number of hydrogen-bond donors (Lipinski definition) is 0. The number of hydrogen-bond acceptors (Lipinski definition) is 2. The normalized spacial score (nSPS) is 62.8. The highest BCUT2D eigenvalue weighted by atomic mass is 16.6. The van der Waals surface area contributed by atoms with Gasteiger partial charge in [-0.15, -0.1) is 0 Å². The smallest absolute Gasteiger partial charge is 0.0824 e. The average Bonchev–Trinajstić information content (AvgIpc) is 2.81. The van der Waals surface area contributed by atoms with Gasteiger partial charge in [-0.1, -0.05) is 20.8 Å². The zero-order chi connectivity index (χ0) is 12.1. The molecule has 0 aromatic rings. The summed E-state index contributed by atoms with van der Waals surface area (Å²) < 4.78 is 12.9. The van der Waals surface area contributed by atoms with E-state index in [0.717, 1.165) is 6.61 Å². The molecule has 0 radical (unpaired) electrons. The van der Waals surface area contributed by atoms with Crippen LogP contribution in [0.2, 0.25) is 0 Å². The second-order valence-corrected chi connectivity index (χ2v) is 7.82. The molecular formula is C15H24O2. The Bertz CT molecular complexity index is 390. The molecule has 96 valence electrons. The fraction of sp³-hybridized carbons (Fsp3) is 1.00. The van der Waals surface area contributed by atoms with Crippen LogP contribution in [0.4, 0.5) is 0 Å². The maximum Gasteiger partial charge on any atom is 0.0824 e. The van der Waals surface area contributed by atoms with Crippen LogP contribution in [0, 0.1) is 16.7 Å². The van der Waals surface area contributed by atoms with E-state index in [1.807, 2.05) is 0 Å². The molecule has 0 amide bonds. The SMILES string of the molecule is CC1(C)CC[C@@H]2OC[C@H]3[C@]2(C)[C@@]12CC[C@@]3(C)O2. The quantitative estimate of drug-likeness (QED) is 0.643. The maximum atomic E-state index is 6.72. The molecule has 3 aliphatic heterocycles. The van der Waals surface area contributed by atoms with Crippen LogP contribution in [0.25, 0.3) is 0 Å². The van der Waals surface area contributed by atoms with Crippen molar-refractivity contribution in [3.05, 3.63) is 0 Å². The minimum absolute atomic E-state index is 0.0822. The van der Waals surface area contributed by atoms with Crippen molar-refractivity contribution in [2.24, 2.45) is 16.7 Å². The average molecular weight is 236 g/mol. The predicted molar refractivity (Wildman–Crippen MR) is 65.8 cm³/mol. The fourth-order valence-corrected chi connectivity index (χ4v) is 5.97. The van der Waals surface area contributed by atoms with Gasteiger partial charge in [0.15, 0.2) is 0 Å². The van der Waals surface area contributed by atoms with Crippen LogP contribution >= 0.6 is 0 Å². The van der Waals surface area contributed by atoms with E-state index in [-0.39, 0.29) is 16.6 Å². The van der Waals surface area contributed by atoms with E-state index in [0.29, 0.717) is 17.4 Å². The van der Waals surface area contributed by atoms with Crippen LogP contribution in [-0.4, -0.2) is 23.9 Å². The molecule has 0 N–H and O–H groups in total. The summed E-state index contributed by atoms with van der Waals surface area (Å²) in [4.78, 5) is 0. The first-order chi connectivity index (χ1) is 7.86. The lowest BCUT2D eigenvalue weighted by molar-refractivity contribution is -0.197. The first-order valence-electron chi connectivity index (χ1n) is 7.18. The van der Waals surface area contributed by atoms with Crippen molar-refractivity contribution in [3.63, 3.8) is 0 Å². The van der Waals surface area contributed by atoms with Gasteiger partial charge in [-0.05, 0) is 38.0 Å². The van der Waals surface area contributed by atoms with Crippen molar-refractivity contribution in [1.29, 1.82) is 0 Å². The van der Waals surface area contributed by atoms with Crippen molar-refractivity contribution in [2.45, 2.75) is 70.7 Å². The van der Waals surface area contributed by atoms with E-state index >= 15 is 0 Å². The molecule has 17 heavy (non-hydrogen) atoms. The van der Waals surface area contributed by atoms with E-state index in [1.165, 1.54) is 25.7 Å². The van der Waals surface area contributed by atoms with Crippen molar-refractivity contribution in [3.8, 4) is 0 Å². The first-order valence-corrected chi connectivity index (χ1v) is 7.18. The zero-order valence-electron chi connectivity index (χ0n) is 11.5. The van der Waals surface area contributed by atoms with Gasteiger partial charge < -0.3 is 9.47 Å². The van der Waals surface area contributed by atoms with Gasteiger partial charge in [0.25, 0.3) is 0 Å². The highest BCUT2D eigenvalue weighted by Crippen LogP contribution is 2.75. The third-order valence-electron chi connectivity index (χ3n) is 6.97. The van der Waals surface area contributed by atoms with E-state index in [2.05, 4.69) is 27.7 Å². The molecule has 4 aliphatic rings. The fourth-order valence-electron chi connectivity index (χ4n) is 5.97. The molecule has 4 fully saturated rings. The van der Waals surface area contributed by atoms with Crippen LogP contribution in [0.3, 0.4) is 0 Å². The summed E-state index contributed by atoms with van der Waals surface area (Å²) >= 11 is 0. The Kier molecular flexibility index (Phi) is 1.65. The topological polar surface area (TPSA) is 18.5 Å². The van der Waals surface area contributed by atoms with Crippen LogP contribution in [0.15, 0.2) is 0 Å². The van der Waals surface area contributed by atoms with Crippen LogP contribution in [0.5, 0.6) is 0 Å². The molecule has 4 rings (SSSR count). The summed E-state index contributed by atoms with van der Waals surface area (Å²) in [6, 6.07) is 0. The summed E-state index contributed by atoms with van der Waals surface area (Å²) in [6.07, 6.45) is 5.38. The summed E-state index contributed by atoms with van der Waals surface area (Å²) in [5.74, 6) is 0.619. The van der Waals surface area contributed by atoms with Crippen LogP contribution in [-0.2, 0) is 9.47 Å². The van der Waals surface area contributed by atoms with Gasteiger partial charge in [0.05, 0.1) is 23.9 Å². The molecule has 1 saturated carbocycles. The molecule has 1 spiro atoms. The summed E-state index contributed by atoms with van der Waals surface area (Å²) in [5, 5.41) is 0. The van der Waals surface area contributed by atoms with Crippen molar-refractivity contribution in [2.75, 3.05) is 6.61 Å². The molecule has 3 saturated heterocycles. The predicted octanol–water partition coefficient (Wildman–Crippen LogP) is 3.15. The largest absolute Gasteiger partial charge is 0.377 e. The molecule has 2 nitrogen and oxygen atoms in total. The van der Waals surface area contributed by atoms with Gasteiger partial charge in [-0.3, -0.25) is 0 Å². The van der Waals surface area contributed by atoms with Gasteiger partial charge in [-0.2, -0.15) is 0 Å². The minimum atomic E-state index is 0.0822. The van der Waals surface area contributed by atoms with Crippen LogP contribution < -0.4 is 0 Å². The van der Waals surface area contributed by atoms with Crippen molar-refractivity contribution >= 4 is 0 Å². The second kappa shape index (κ2) is 2.60. The van der Waals surface area contributed by atoms with Crippen LogP contribution in [0.1, 0.15) is 53.4 Å². The third-order valence-corrected chi connectivity index (χ3v) is 6.97. The standard InChI is InChI=1S/C15H24O2/c1-12(2)6-5-11-14(4)10(9-16-11)13(3)7-8-15(12,14)17-13/h10-11H,5-9H2,1-4H3/t10-,11+,13-,14+,15-/m1/s1. The molecule has 5 atom stereocenters. The monoisotopic (exact) mass is 236 g/mol. The van der Waals surface area contributed by atoms with Crippen molar-refractivity contribution in [1.82, 2.24) is 0 Å². The van der Waals surface area contributed by atoms with E-state index in [1.54, 1.807) is 0 Å². The molecular weight excluding hydrogens is 212 g/mol. The zero-order valence-corrected chi connectivity index (χ0v) is 11.5. The second-order valence-electron chi connectivity index (χ2n) is 7.82. The Balaban J connectivity index is 1.95. The molecule has 2 heteroatoms. The highest BCUT2D eigenvalue weighted by Gasteiger charge is 2.80. The van der Waals surface area contributed by atoms with Gasteiger partial charge in [0.1, 0.15) is 0 Å².